The number of carbonyl (C=O) groups is 1. The number of ether oxygens (including phenoxy) is 1. The number of non-ortho nitro benzene ring substituents is 1. The molecule has 142 valence electrons. The molecular formula is C20H17N3O5. The zero-order chi connectivity index (χ0) is 19.5. The Morgan fingerprint density at radius 3 is 2.61 bits per heavy atom. The normalized spacial score (nSPS) is 13.0. The van der Waals surface area contributed by atoms with Gasteiger partial charge in [0.1, 0.15) is 0 Å². The van der Waals surface area contributed by atoms with E-state index in [4.69, 9.17) is 9.26 Å². The van der Waals surface area contributed by atoms with Crippen molar-refractivity contribution in [3.05, 3.63) is 75.2 Å². The molecule has 0 N–H and O–H groups in total. The average Bonchev–Trinajstić information content (AvgIpc) is 3.21. The summed E-state index contributed by atoms with van der Waals surface area (Å²) in [5, 5.41) is 14.5. The Morgan fingerprint density at radius 1 is 1.11 bits per heavy atom. The molecule has 0 atom stereocenters. The third-order valence-corrected chi connectivity index (χ3v) is 4.72. The fourth-order valence-electron chi connectivity index (χ4n) is 3.23. The number of nitrogens with zero attached hydrogens (tertiary/aromatic N) is 3. The molecule has 8 nitrogen and oxygen atoms in total. The molecule has 0 radical (unpaired) electrons. The predicted molar refractivity (Wildman–Crippen MR) is 98.6 cm³/mol. The highest BCUT2D eigenvalue weighted by Gasteiger charge is 2.16. The van der Waals surface area contributed by atoms with Gasteiger partial charge >= 0.3 is 5.97 Å². The monoisotopic (exact) mass is 379 g/mol. The lowest BCUT2D eigenvalue weighted by molar-refractivity contribution is -0.384. The van der Waals surface area contributed by atoms with Gasteiger partial charge in [0.2, 0.25) is 5.82 Å². The van der Waals surface area contributed by atoms with Crippen LogP contribution in [-0.2, 0) is 24.2 Å². The van der Waals surface area contributed by atoms with Gasteiger partial charge in [0.25, 0.3) is 11.6 Å². The SMILES string of the molecule is O=C(OCc1nc(-c2ccc([N+](=O)[O-])cc2)no1)c1ccc2c(c1)CCCC2. The van der Waals surface area contributed by atoms with Crippen molar-refractivity contribution in [2.45, 2.75) is 32.3 Å². The van der Waals surface area contributed by atoms with Gasteiger partial charge < -0.3 is 9.26 Å². The molecule has 1 aromatic heterocycles. The van der Waals surface area contributed by atoms with Crippen molar-refractivity contribution in [1.82, 2.24) is 10.1 Å². The molecule has 3 aromatic rings. The van der Waals surface area contributed by atoms with Gasteiger partial charge in [-0.25, -0.2) is 4.79 Å². The number of benzene rings is 2. The first-order valence-corrected chi connectivity index (χ1v) is 8.96. The van der Waals surface area contributed by atoms with Gasteiger partial charge in [0, 0.05) is 17.7 Å². The maximum Gasteiger partial charge on any atom is 0.338 e. The van der Waals surface area contributed by atoms with Crippen LogP contribution < -0.4 is 0 Å². The van der Waals surface area contributed by atoms with Crippen molar-refractivity contribution >= 4 is 11.7 Å². The predicted octanol–water partition coefficient (Wildman–Crippen LogP) is 3.88. The number of hydrogen-bond acceptors (Lipinski definition) is 7. The highest BCUT2D eigenvalue weighted by molar-refractivity contribution is 5.89. The minimum atomic E-state index is -0.481. The van der Waals surface area contributed by atoms with E-state index in [0.717, 1.165) is 19.3 Å². The third kappa shape index (κ3) is 3.75. The van der Waals surface area contributed by atoms with Gasteiger partial charge in [0.15, 0.2) is 6.61 Å². The van der Waals surface area contributed by atoms with E-state index in [0.29, 0.717) is 11.1 Å². The summed E-state index contributed by atoms with van der Waals surface area (Å²) in [4.78, 5) is 26.7. The molecular weight excluding hydrogens is 362 g/mol. The molecule has 1 heterocycles. The van der Waals surface area contributed by atoms with Crippen LogP contribution in [0.5, 0.6) is 0 Å². The molecule has 1 aliphatic carbocycles. The molecule has 0 saturated carbocycles. The highest BCUT2D eigenvalue weighted by atomic mass is 16.6. The van der Waals surface area contributed by atoms with E-state index in [2.05, 4.69) is 10.1 Å². The maximum atomic E-state index is 12.3. The number of fused-ring (bicyclic) bond motifs is 1. The number of hydrogen-bond donors (Lipinski definition) is 0. The van der Waals surface area contributed by atoms with Crippen molar-refractivity contribution in [2.24, 2.45) is 0 Å². The van der Waals surface area contributed by atoms with Crippen LogP contribution in [0.4, 0.5) is 5.69 Å². The molecule has 28 heavy (non-hydrogen) atoms. The lowest BCUT2D eigenvalue weighted by Gasteiger charge is -2.16. The van der Waals surface area contributed by atoms with Gasteiger partial charge in [-0.1, -0.05) is 11.2 Å². The molecule has 2 aromatic carbocycles. The van der Waals surface area contributed by atoms with E-state index >= 15 is 0 Å². The van der Waals surface area contributed by atoms with Crippen molar-refractivity contribution in [3.63, 3.8) is 0 Å². The van der Waals surface area contributed by atoms with Gasteiger partial charge in [-0.15, -0.1) is 0 Å². The van der Waals surface area contributed by atoms with E-state index in [-0.39, 0.29) is 24.0 Å². The number of esters is 1. The Hall–Kier alpha value is -3.55. The Bertz CT molecular complexity index is 1030. The lowest BCUT2D eigenvalue weighted by atomic mass is 9.90. The summed E-state index contributed by atoms with van der Waals surface area (Å²) in [5.74, 6) is -0.0159. The fraction of sp³-hybridized carbons (Fsp3) is 0.250. The van der Waals surface area contributed by atoms with E-state index in [1.54, 1.807) is 6.07 Å². The smallest absolute Gasteiger partial charge is 0.338 e. The van der Waals surface area contributed by atoms with Gasteiger partial charge in [-0.3, -0.25) is 10.1 Å². The molecule has 8 heteroatoms. The highest BCUT2D eigenvalue weighted by Crippen LogP contribution is 2.23. The minimum absolute atomic E-state index is 0.0218. The summed E-state index contributed by atoms with van der Waals surface area (Å²) in [7, 11) is 0. The van der Waals surface area contributed by atoms with E-state index < -0.39 is 10.9 Å². The summed E-state index contributed by atoms with van der Waals surface area (Å²) in [6.45, 7) is -0.143. The molecule has 0 aliphatic heterocycles. The van der Waals surface area contributed by atoms with Crippen LogP contribution in [0, 0.1) is 10.1 Å². The second kappa shape index (κ2) is 7.59. The number of nitro groups is 1. The summed E-state index contributed by atoms with van der Waals surface area (Å²) >= 11 is 0. The number of nitro benzene ring substituents is 1. The first-order valence-electron chi connectivity index (χ1n) is 8.96. The topological polar surface area (TPSA) is 108 Å². The fourth-order valence-corrected chi connectivity index (χ4v) is 3.23. The molecule has 1 aliphatic rings. The molecule has 4 rings (SSSR count). The molecule has 0 unspecified atom stereocenters. The molecule has 0 fully saturated rings. The largest absolute Gasteiger partial charge is 0.452 e. The summed E-state index contributed by atoms with van der Waals surface area (Å²) in [5.41, 5.74) is 3.57. The summed E-state index contributed by atoms with van der Waals surface area (Å²) in [6, 6.07) is 11.5. The van der Waals surface area contributed by atoms with Crippen molar-refractivity contribution in [3.8, 4) is 11.4 Å². The van der Waals surface area contributed by atoms with Crippen LogP contribution in [0.1, 0.15) is 40.2 Å². The van der Waals surface area contributed by atoms with Crippen LogP contribution in [0.15, 0.2) is 47.0 Å². The molecule has 0 saturated heterocycles. The quantitative estimate of drug-likeness (QED) is 0.376. The Kier molecular flexibility index (Phi) is 4.84. The van der Waals surface area contributed by atoms with Crippen molar-refractivity contribution in [2.75, 3.05) is 0 Å². The maximum absolute atomic E-state index is 12.3. The Labute approximate surface area is 160 Å². The average molecular weight is 379 g/mol. The Balaban J connectivity index is 1.40. The lowest BCUT2D eigenvalue weighted by Crippen LogP contribution is -2.09. The van der Waals surface area contributed by atoms with Crippen molar-refractivity contribution < 1.29 is 19.0 Å². The number of aromatic nitrogens is 2. The minimum Gasteiger partial charge on any atom is -0.452 e. The van der Waals surface area contributed by atoms with Gasteiger partial charge in [0.05, 0.1) is 10.5 Å². The van der Waals surface area contributed by atoms with Crippen LogP contribution >= 0.6 is 0 Å². The van der Waals surface area contributed by atoms with E-state index in [1.165, 1.54) is 41.8 Å². The van der Waals surface area contributed by atoms with E-state index in [9.17, 15) is 14.9 Å². The van der Waals surface area contributed by atoms with Gasteiger partial charge in [-0.05, 0) is 61.1 Å². The van der Waals surface area contributed by atoms with Crippen LogP contribution in [-0.4, -0.2) is 21.0 Å². The first kappa shape index (κ1) is 17.8. The second-order valence-corrected chi connectivity index (χ2v) is 6.58. The van der Waals surface area contributed by atoms with Crippen LogP contribution in [0.3, 0.4) is 0 Å². The number of aryl methyl sites for hydroxylation is 2. The van der Waals surface area contributed by atoms with Crippen molar-refractivity contribution in [1.29, 1.82) is 0 Å². The summed E-state index contributed by atoms with van der Waals surface area (Å²) < 4.78 is 10.4. The zero-order valence-electron chi connectivity index (χ0n) is 15.0. The standard InChI is InChI=1S/C20H17N3O5/c24-20(16-6-5-13-3-1-2-4-15(13)11-16)27-12-18-21-19(22-28-18)14-7-9-17(10-8-14)23(25)26/h5-11H,1-4,12H2. The van der Waals surface area contributed by atoms with Crippen LogP contribution in [0.2, 0.25) is 0 Å². The van der Waals surface area contributed by atoms with Gasteiger partial charge in [-0.2, -0.15) is 4.98 Å². The Morgan fingerprint density at radius 2 is 1.86 bits per heavy atom. The number of carbonyl (C=O) groups excluding carboxylic acids is 1. The summed E-state index contributed by atoms with van der Waals surface area (Å²) in [6.07, 6.45) is 4.36. The second-order valence-electron chi connectivity index (χ2n) is 6.58. The molecule has 0 amide bonds. The number of rotatable bonds is 5. The van der Waals surface area contributed by atoms with E-state index in [1.807, 2.05) is 12.1 Å². The first-order chi connectivity index (χ1) is 13.6. The molecule has 0 spiro atoms. The van der Waals surface area contributed by atoms with Crippen LogP contribution in [0.25, 0.3) is 11.4 Å². The zero-order valence-corrected chi connectivity index (χ0v) is 15.0. The molecule has 0 bridgehead atoms. The third-order valence-electron chi connectivity index (χ3n) is 4.72.